The first kappa shape index (κ1) is 69.4. The third-order valence-corrected chi connectivity index (χ3v) is 13.7. The Bertz CT molecular complexity index is 1490. The number of amides is 1. The van der Waals surface area contributed by atoms with Gasteiger partial charge in [-0.05, 0) is 89.9 Å². The van der Waals surface area contributed by atoms with Gasteiger partial charge in [0.15, 0.2) is 0 Å². The smallest absolute Gasteiger partial charge is 0.387 e. The van der Waals surface area contributed by atoms with Crippen molar-refractivity contribution in [2.24, 2.45) is 0 Å². The van der Waals surface area contributed by atoms with Crippen LogP contribution in [-0.4, -0.2) is 73.4 Å². The molecule has 8 nitrogen and oxygen atoms in total. The summed E-state index contributed by atoms with van der Waals surface area (Å²) in [7, 11) is 1.53. The largest absolute Gasteiger partial charge is 0.472 e. The second-order valence-electron chi connectivity index (χ2n) is 21.0. The third-order valence-electron chi connectivity index (χ3n) is 12.8. The molecule has 0 heterocycles. The molecule has 3 atom stereocenters. The number of nitrogens with one attached hydrogen (secondary N) is 1. The minimum atomic E-state index is -4.37. The normalized spacial score (nSPS) is 14.6. The zero-order valence-corrected chi connectivity index (χ0v) is 48.3. The van der Waals surface area contributed by atoms with Crippen molar-refractivity contribution in [3.8, 4) is 0 Å². The van der Waals surface area contributed by atoms with E-state index in [0.29, 0.717) is 17.4 Å². The highest BCUT2D eigenvalue weighted by Gasteiger charge is 2.27. The summed E-state index contributed by atoms with van der Waals surface area (Å²) in [5.41, 5.74) is 0. The summed E-state index contributed by atoms with van der Waals surface area (Å²) in [4.78, 5) is 23.3. The predicted molar refractivity (Wildman–Crippen MR) is 313 cm³/mol. The van der Waals surface area contributed by atoms with Gasteiger partial charge >= 0.3 is 7.82 Å². The van der Waals surface area contributed by atoms with Crippen molar-refractivity contribution < 1.29 is 32.9 Å². The van der Waals surface area contributed by atoms with Gasteiger partial charge in [0.1, 0.15) is 13.2 Å². The van der Waals surface area contributed by atoms with E-state index in [9.17, 15) is 19.4 Å². The summed E-state index contributed by atoms with van der Waals surface area (Å²) in [6, 6.07) is -0.881. The summed E-state index contributed by atoms with van der Waals surface area (Å²) >= 11 is 0. The molecule has 0 radical (unpaired) electrons. The first-order valence-corrected chi connectivity index (χ1v) is 31.1. The highest BCUT2D eigenvalue weighted by Crippen LogP contribution is 2.43. The highest BCUT2D eigenvalue weighted by molar-refractivity contribution is 7.47. The molecule has 0 aromatic heterocycles. The highest BCUT2D eigenvalue weighted by atomic mass is 31.2. The molecule has 0 aliphatic rings. The van der Waals surface area contributed by atoms with Crippen LogP contribution in [0.2, 0.25) is 0 Å². The fourth-order valence-electron chi connectivity index (χ4n) is 8.16. The van der Waals surface area contributed by atoms with Crippen LogP contribution in [0.1, 0.15) is 245 Å². The number of aliphatic hydroxyl groups is 1. The molecular weight excluding hydrogens is 912 g/mol. The first-order valence-electron chi connectivity index (χ1n) is 29.6. The van der Waals surface area contributed by atoms with Gasteiger partial charge in [-0.2, -0.15) is 0 Å². The van der Waals surface area contributed by atoms with Gasteiger partial charge in [0.2, 0.25) is 5.91 Å². The number of hydrogen-bond acceptors (Lipinski definition) is 5. The van der Waals surface area contributed by atoms with Crippen molar-refractivity contribution in [1.82, 2.24) is 5.32 Å². The molecule has 9 heteroatoms. The standard InChI is InChI=1S/C63H113N2O6P/c1-6-8-10-12-14-16-18-20-22-24-26-28-30-32-34-36-38-40-42-44-46-48-50-52-54-56-62(66)61(60-71-72(68,69)70-59-58-65(3,4)5)64-63(67)57-55-53-51-49-47-45-43-41-39-37-35-33-31-29-27-25-23-21-19-17-15-13-11-9-7-2/h9,11,15,17,21,23,27,29,33,35,38,40,46,48,54,56,61-62,66H,6-8,10,12-14,16,18-20,22,24-26,28,30-32,34,36-37,39,41-45,47,49-53,55,57-60H2,1-5H3,(H-,64,67,68,69)/p+1/b11-9-,17-15-,23-21-,29-27-,35-33-,40-38+,48-46+,56-54+. The van der Waals surface area contributed by atoms with Gasteiger partial charge in [0, 0.05) is 6.42 Å². The number of unbranched alkanes of at least 4 members (excludes halogenated alkanes) is 26. The van der Waals surface area contributed by atoms with Crippen LogP contribution in [0.3, 0.4) is 0 Å². The van der Waals surface area contributed by atoms with Crippen LogP contribution in [0, 0.1) is 0 Å². The molecule has 0 aromatic carbocycles. The molecule has 0 saturated heterocycles. The SMILES string of the molecule is CC/C=C\C/C=C\C/C=C\C/C=C\C/C=C\CCCCCCCCCCCC(=O)NC(COP(=O)(O)OCC[N+](C)(C)C)C(O)/C=C/CC/C=C/CC/C=C/CCCCCCCCCCCCCCCCC. The Balaban J connectivity index is 4.31. The summed E-state index contributed by atoms with van der Waals surface area (Å²) in [6.45, 7) is 4.68. The lowest BCUT2D eigenvalue weighted by atomic mass is 10.0. The van der Waals surface area contributed by atoms with Gasteiger partial charge in [0.05, 0.1) is 39.9 Å². The molecule has 0 saturated carbocycles. The molecule has 416 valence electrons. The molecule has 3 N–H and O–H groups in total. The summed E-state index contributed by atoms with van der Waals surface area (Å²) < 4.78 is 23.7. The summed E-state index contributed by atoms with van der Waals surface area (Å²) in [5.74, 6) is -0.200. The Hall–Kier alpha value is -2.58. The molecule has 0 aliphatic carbocycles. The fourth-order valence-corrected chi connectivity index (χ4v) is 8.90. The average Bonchev–Trinajstić information content (AvgIpc) is 3.34. The maximum Gasteiger partial charge on any atom is 0.472 e. The Labute approximate surface area is 445 Å². The number of hydrogen-bond donors (Lipinski definition) is 3. The van der Waals surface area contributed by atoms with Crippen molar-refractivity contribution >= 4 is 13.7 Å². The van der Waals surface area contributed by atoms with Gasteiger partial charge in [-0.25, -0.2) is 4.57 Å². The molecule has 3 unspecified atom stereocenters. The first-order chi connectivity index (χ1) is 35.0. The molecule has 0 rings (SSSR count). The van der Waals surface area contributed by atoms with E-state index < -0.39 is 20.0 Å². The van der Waals surface area contributed by atoms with E-state index in [1.165, 1.54) is 141 Å². The number of nitrogens with zero attached hydrogens (tertiary/aromatic N) is 1. The Morgan fingerprint density at radius 3 is 1.28 bits per heavy atom. The molecule has 0 bridgehead atoms. The molecule has 0 aliphatic heterocycles. The molecule has 0 fully saturated rings. The lowest BCUT2D eigenvalue weighted by Gasteiger charge is -2.25. The number of phosphoric ester groups is 1. The summed E-state index contributed by atoms with van der Waals surface area (Å²) in [5, 5.41) is 13.9. The molecule has 72 heavy (non-hydrogen) atoms. The molecular formula is C63H114N2O6P+. The maximum atomic E-state index is 13.0. The van der Waals surface area contributed by atoms with Crippen LogP contribution in [0.4, 0.5) is 0 Å². The van der Waals surface area contributed by atoms with Crippen LogP contribution in [0.25, 0.3) is 0 Å². The average molecular weight is 1030 g/mol. The lowest BCUT2D eigenvalue weighted by Crippen LogP contribution is -2.45. The van der Waals surface area contributed by atoms with Gasteiger partial charge in [-0.15, -0.1) is 0 Å². The number of phosphoric acid groups is 1. The van der Waals surface area contributed by atoms with Crippen LogP contribution in [-0.2, 0) is 18.4 Å². The summed E-state index contributed by atoms with van der Waals surface area (Å²) in [6.07, 6.45) is 76.6. The van der Waals surface area contributed by atoms with Gasteiger partial charge in [-0.3, -0.25) is 13.8 Å². The van der Waals surface area contributed by atoms with Crippen LogP contribution >= 0.6 is 7.82 Å². The van der Waals surface area contributed by atoms with Crippen molar-refractivity contribution in [2.75, 3.05) is 40.9 Å². The molecule has 1 amide bonds. The molecule has 0 aromatic rings. The van der Waals surface area contributed by atoms with Crippen LogP contribution in [0.5, 0.6) is 0 Å². The van der Waals surface area contributed by atoms with Crippen LogP contribution in [0.15, 0.2) is 97.2 Å². The number of aliphatic hydroxyl groups excluding tert-OH is 1. The number of carbonyl (C=O) groups is 1. The Kier molecular flexibility index (Phi) is 51.3. The van der Waals surface area contributed by atoms with E-state index in [4.69, 9.17) is 9.05 Å². The Morgan fingerprint density at radius 1 is 0.486 bits per heavy atom. The number of quaternary nitrogens is 1. The van der Waals surface area contributed by atoms with E-state index >= 15 is 0 Å². The van der Waals surface area contributed by atoms with Crippen molar-refractivity contribution in [3.05, 3.63) is 97.2 Å². The number of likely N-dealkylation sites (N-methyl/N-ethyl adjacent to an activating group) is 1. The van der Waals surface area contributed by atoms with Crippen molar-refractivity contribution in [2.45, 2.75) is 257 Å². The van der Waals surface area contributed by atoms with E-state index in [1.54, 1.807) is 6.08 Å². The Morgan fingerprint density at radius 2 is 0.847 bits per heavy atom. The van der Waals surface area contributed by atoms with Gasteiger partial charge in [-0.1, -0.05) is 246 Å². The lowest BCUT2D eigenvalue weighted by molar-refractivity contribution is -0.870. The maximum absolute atomic E-state index is 13.0. The third kappa shape index (κ3) is 55.2. The monoisotopic (exact) mass is 1030 g/mol. The van der Waals surface area contributed by atoms with Gasteiger partial charge < -0.3 is 19.8 Å². The second-order valence-corrected chi connectivity index (χ2v) is 22.4. The van der Waals surface area contributed by atoms with E-state index in [0.717, 1.165) is 83.5 Å². The van der Waals surface area contributed by atoms with Crippen molar-refractivity contribution in [1.29, 1.82) is 0 Å². The quantitative estimate of drug-likeness (QED) is 0.0243. The van der Waals surface area contributed by atoms with E-state index in [-0.39, 0.29) is 19.1 Å². The van der Waals surface area contributed by atoms with E-state index in [1.807, 2.05) is 27.2 Å². The van der Waals surface area contributed by atoms with Crippen LogP contribution < -0.4 is 5.32 Å². The van der Waals surface area contributed by atoms with E-state index in [2.05, 4.69) is 104 Å². The predicted octanol–water partition coefficient (Wildman–Crippen LogP) is 18.2. The number of rotatable bonds is 53. The zero-order valence-electron chi connectivity index (χ0n) is 47.4. The minimum absolute atomic E-state index is 0.0476. The van der Waals surface area contributed by atoms with Crippen molar-refractivity contribution in [3.63, 3.8) is 0 Å². The minimum Gasteiger partial charge on any atom is -0.387 e. The number of carbonyl (C=O) groups excluding carboxylic acids is 1. The van der Waals surface area contributed by atoms with Gasteiger partial charge in [0.25, 0.3) is 0 Å². The number of allylic oxidation sites excluding steroid dienone is 15. The molecule has 0 spiro atoms. The topological polar surface area (TPSA) is 105 Å². The second kappa shape index (κ2) is 53.3. The zero-order chi connectivity index (χ0) is 52.7. The fraction of sp³-hybridized carbons (Fsp3) is 0.730.